The van der Waals surface area contributed by atoms with Crippen molar-refractivity contribution >= 4 is 33.7 Å². The third kappa shape index (κ3) is 3.40. The van der Waals surface area contributed by atoms with Crippen LogP contribution in [0.4, 0.5) is 5.13 Å². The van der Waals surface area contributed by atoms with Gasteiger partial charge in [-0.1, -0.05) is 36.4 Å². The van der Waals surface area contributed by atoms with E-state index in [1.165, 1.54) is 22.7 Å². The van der Waals surface area contributed by atoms with Crippen molar-refractivity contribution in [3.05, 3.63) is 82.3 Å². The van der Waals surface area contributed by atoms with Crippen LogP contribution in [0.1, 0.15) is 15.4 Å². The number of anilines is 1. The number of thiophene rings is 1. The zero-order valence-electron chi connectivity index (χ0n) is 13.2. The summed E-state index contributed by atoms with van der Waals surface area (Å²) in [5, 5.41) is 4.53. The minimum Gasteiger partial charge on any atom is -0.467 e. The molecule has 3 aromatic heterocycles. The fraction of sp³-hybridized carbons (Fsp3) is 0.0526. The van der Waals surface area contributed by atoms with Crippen LogP contribution in [0.5, 0.6) is 0 Å². The number of benzene rings is 1. The van der Waals surface area contributed by atoms with Crippen molar-refractivity contribution in [2.24, 2.45) is 0 Å². The molecule has 0 aliphatic heterocycles. The van der Waals surface area contributed by atoms with Crippen molar-refractivity contribution < 1.29 is 9.21 Å². The molecule has 1 amide bonds. The zero-order valence-corrected chi connectivity index (χ0v) is 14.8. The molecule has 0 spiro atoms. The van der Waals surface area contributed by atoms with Gasteiger partial charge in [0.1, 0.15) is 5.76 Å². The first-order chi connectivity index (χ1) is 12.3. The first-order valence-electron chi connectivity index (χ1n) is 7.70. The van der Waals surface area contributed by atoms with Crippen LogP contribution in [0.2, 0.25) is 0 Å². The Kier molecular flexibility index (Phi) is 4.45. The monoisotopic (exact) mass is 366 g/mol. The third-order valence-corrected chi connectivity index (χ3v) is 5.39. The number of hydrogen-bond acceptors (Lipinski definition) is 5. The van der Waals surface area contributed by atoms with Gasteiger partial charge in [-0.2, -0.15) is 0 Å². The molecule has 0 atom stereocenters. The van der Waals surface area contributed by atoms with Crippen molar-refractivity contribution in [2.75, 3.05) is 4.90 Å². The number of nitrogens with zero attached hydrogens (tertiary/aromatic N) is 2. The smallest absolute Gasteiger partial charge is 0.270 e. The molecule has 0 bridgehead atoms. The van der Waals surface area contributed by atoms with Gasteiger partial charge in [0.05, 0.1) is 23.4 Å². The Morgan fingerprint density at radius 3 is 2.64 bits per heavy atom. The summed E-state index contributed by atoms with van der Waals surface area (Å²) in [5.74, 6) is 0.654. The highest BCUT2D eigenvalue weighted by Gasteiger charge is 2.23. The van der Waals surface area contributed by atoms with Gasteiger partial charge < -0.3 is 4.42 Å². The van der Waals surface area contributed by atoms with Gasteiger partial charge in [0.25, 0.3) is 5.91 Å². The van der Waals surface area contributed by atoms with Crippen LogP contribution in [-0.4, -0.2) is 10.9 Å². The van der Waals surface area contributed by atoms with Crippen LogP contribution in [0, 0.1) is 0 Å². The highest BCUT2D eigenvalue weighted by atomic mass is 32.1. The number of carbonyl (C=O) groups is 1. The number of hydrogen-bond donors (Lipinski definition) is 0. The number of rotatable bonds is 5. The summed E-state index contributed by atoms with van der Waals surface area (Å²) in [6, 6.07) is 17.3. The normalized spacial score (nSPS) is 10.7. The molecule has 124 valence electrons. The number of aromatic nitrogens is 1. The Morgan fingerprint density at radius 2 is 1.92 bits per heavy atom. The fourth-order valence-electron chi connectivity index (χ4n) is 2.45. The highest BCUT2D eigenvalue weighted by molar-refractivity contribution is 7.14. The summed E-state index contributed by atoms with van der Waals surface area (Å²) in [6.07, 6.45) is 1.61. The number of amides is 1. The molecule has 4 nitrogen and oxygen atoms in total. The van der Waals surface area contributed by atoms with Gasteiger partial charge in [0.2, 0.25) is 0 Å². The Hall–Kier alpha value is -2.70. The molecule has 4 rings (SSSR count). The van der Waals surface area contributed by atoms with Gasteiger partial charge >= 0.3 is 0 Å². The van der Waals surface area contributed by atoms with Gasteiger partial charge in [0.15, 0.2) is 5.13 Å². The lowest BCUT2D eigenvalue weighted by Crippen LogP contribution is -2.29. The second kappa shape index (κ2) is 7.04. The number of furan rings is 1. The van der Waals surface area contributed by atoms with Crippen LogP contribution in [-0.2, 0) is 6.54 Å². The Labute approximate surface area is 153 Å². The maximum absolute atomic E-state index is 12.9. The van der Waals surface area contributed by atoms with Crippen LogP contribution < -0.4 is 4.90 Å². The van der Waals surface area contributed by atoms with Crippen molar-refractivity contribution in [1.29, 1.82) is 0 Å². The van der Waals surface area contributed by atoms with Gasteiger partial charge in [-0.25, -0.2) is 4.98 Å². The minimum absolute atomic E-state index is 0.0691. The van der Waals surface area contributed by atoms with E-state index in [2.05, 4.69) is 4.98 Å². The van der Waals surface area contributed by atoms with Crippen LogP contribution in [0.3, 0.4) is 0 Å². The maximum Gasteiger partial charge on any atom is 0.270 e. The third-order valence-electron chi connectivity index (χ3n) is 3.66. The topological polar surface area (TPSA) is 46.3 Å². The van der Waals surface area contributed by atoms with Gasteiger partial charge in [-0.15, -0.1) is 22.7 Å². The van der Waals surface area contributed by atoms with Gasteiger partial charge in [-0.3, -0.25) is 9.69 Å². The second-order valence-corrected chi connectivity index (χ2v) is 7.11. The molecule has 1 aromatic carbocycles. The fourth-order valence-corrected chi connectivity index (χ4v) is 3.95. The average Bonchev–Trinajstić information content (AvgIpc) is 3.42. The van der Waals surface area contributed by atoms with E-state index in [1.54, 1.807) is 11.2 Å². The molecule has 0 aliphatic rings. The molecule has 25 heavy (non-hydrogen) atoms. The summed E-state index contributed by atoms with van der Waals surface area (Å²) < 4.78 is 5.43. The molecule has 0 saturated heterocycles. The van der Waals surface area contributed by atoms with Crippen molar-refractivity contribution in [2.45, 2.75) is 6.54 Å². The molecule has 0 N–H and O–H groups in total. The van der Waals surface area contributed by atoms with Crippen LogP contribution in [0.25, 0.3) is 11.3 Å². The van der Waals surface area contributed by atoms with Crippen molar-refractivity contribution in [3.8, 4) is 11.3 Å². The molecule has 0 fully saturated rings. The quantitative estimate of drug-likeness (QED) is 0.481. The molecule has 4 aromatic rings. The molecule has 3 heterocycles. The van der Waals surface area contributed by atoms with Gasteiger partial charge in [0, 0.05) is 10.9 Å². The Bertz CT molecular complexity index is 945. The summed E-state index contributed by atoms with van der Waals surface area (Å²) in [4.78, 5) is 20.0. The molecule has 0 radical (unpaired) electrons. The molecular formula is C19H14N2O2S2. The summed E-state index contributed by atoms with van der Waals surface area (Å²) in [6.45, 7) is 0.353. The second-order valence-electron chi connectivity index (χ2n) is 5.33. The van der Waals surface area contributed by atoms with Crippen LogP contribution in [0.15, 0.2) is 76.0 Å². The predicted molar refractivity (Wildman–Crippen MR) is 101 cm³/mol. The lowest BCUT2D eigenvalue weighted by Gasteiger charge is -2.17. The summed E-state index contributed by atoms with van der Waals surface area (Å²) in [7, 11) is 0. The molecule has 0 unspecified atom stereocenters. The molecule has 6 heteroatoms. The molecule has 0 saturated carbocycles. The van der Waals surface area contributed by atoms with E-state index in [0.29, 0.717) is 16.6 Å². The zero-order chi connectivity index (χ0) is 17.1. The Balaban J connectivity index is 1.68. The van der Waals surface area contributed by atoms with Gasteiger partial charge in [-0.05, 0) is 23.6 Å². The van der Waals surface area contributed by atoms with E-state index in [-0.39, 0.29) is 5.91 Å². The average molecular weight is 366 g/mol. The van der Waals surface area contributed by atoms with Crippen molar-refractivity contribution in [1.82, 2.24) is 4.98 Å². The van der Waals surface area contributed by atoms with E-state index in [0.717, 1.165) is 17.0 Å². The van der Waals surface area contributed by atoms with Crippen LogP contribution >= 0.6 is 22.7 Å². The lowest BCUT2D eigenvalue weighted by atomic mass is 10.2. The first kappa shape index (κ1) is 15.8. The standard InChI is InChI=1S/C19H14N2O2S2/c22-18(17-9-5-11-24-17)21(12-15-8-4-10-23-15)19-20-16(13-25-19)14-6-2-1-3-7-14/h1-11,13H,12H2. The predicted octanol–water partition coefficient (Wildman–Crippen LogP) is 5.31. The van der Waals surface area contributed by atoms with Crippen molar-refractivity contribution in [3.63, 3.8) is 0 Å². The SMILES string of the molecule is O=C(c1cccs1)N(Cc1ccco1)c1nc(-c2ccccc2)cs1. The largest absolute Gasteiger partial charge is 0.467 e. The number of thiazole rings is 1. The molecular weight excluding hydrogens is 352 g/mol. The summed E-state index contributed by atoms with van der Waals surface area (Å²) in [5.41, 5.74) is 1.90. The lowest BCUT2D eigenvalue weighted by molar-refractivity contribution is 0.0987. The maximum atomic E-state index is 12.9. The van der Waals surface area contributed by atoms with E-state index in [9.17, 15) is 4.79 Å². The molecule has 0 aliphatic carbocycles. The highest BCUT2D eigenvalue weighted by Crippen LogP contribution is 2.30. The number of carbonyl (C=O) groups excluding carboxylic acids is 1. The first-order valence-corrected chi connectivity index (χ1v) is 9.46. The summed E-state index contributed by atoms with van der Waals surface area (Å²) >= 11 is 2.88. The van der Waals surface area contributed by atoms with E-state index >= 15 is 0 Å². The van der Waals surface area contributed by atoms with E-state index in [4.69, 9.17) is 4.42 Å². The van der Waals surface area contributed by atoms with E-state index < -0.39 is 0 Å². The Morgan fingerprint density at radius 1 is 1.04 bits per heavy atom. The minimum atomic E-state index is -0.0691. The van der Waals surface area contributed by atoms with E-state index in [1.807, 2.05) is 65.4 Å².